The van der Waals surface area contributed by atoms with Crippen molar-refractivity contribution >= 4 is 5.69 Å². The van der Waals surface area contributed by atoms with Crippen LogP contribution < -0.4 is 10.2 Å². The first-order valence-corrected chi connectivity index (χ1v) is 6.13. The van der Waals surface area contributed by atoms with Crippen LogP contribution in [0.1, 0.15) is 25.3 Å². The molecular formula is C13H21N3. The Morgan fingerprint density at radius 3 is 2.88 bits per heavy atom. The Morgan fingerprint density at radius 1 is 1.44 bits per heavy atom. The van der Waals surface area contributed by atoms with Gasteiger partial charge in [0.25, 0.3) is 0 Å². The molecule has 3 nitrogen and oxygen atoms in total. The minimum Gasteiger partial charge on any atom is -0.370 e. The van der Waals surface area contributed by atoms with Crippen LogP contribution in [0.5, 0.6) is 0 Å². The number of nitrogens with zero attached hydrogens (tertiary/aromatic N) is 2. The van der Waals surface area contributed by atoms with Crippen molar-refractivity contribution in [3.05, 3.63) is 24.0 Å². The molecule has 0 bridgehead atoms. The van der Waals surface area contributed by atoms with E-state index in [1.54, 1.807) is 0 Å². The third-order valence-electron chi connectivity index (χ3n) is 3.38. The molecule has 88 valence electrons. The van der Waals surface area contributed by atoms with Crippen LogP contribution in [0.15, 0.2) is 18.5 Å². The monoisotopic (exact) mass is 219 g/mol. The van der Waals surface area contributed by atoms with Gasteiger partial charge in [-0.15, -0.1) is 0 Å². The van der Waals surface area contributed by atoms with E-state index < -0.39 is 0 Å². The van der Waals surface area contributed by atoms with E-state index in [1.165, 1.54) is 37.2 Å². The second-order valence-corrected chi connectivity index (χ2v) is 4.70. The molecule has 1 aromatic rings. The molecule has 1 N–H and O–H groups in total. The number of hydrogen-bond donors (Lipinski definition) is 1. The molecule has 0 aromatic carbocycles. The number of piperidine rings is 1. The lowest BCUT2D eigenvalue weighted by molar-refractivity contribution is 0.437. The van der Waals surface area contributed by atoms with Gasteiger partial charge in [-0.1, -0.05) is 6.92 Å². The molecule has 0 unspecified atom stereocenters. The Bertz CT molecular complexity index is 330. The summed E-state index contributed by atoms with van der Waals surface area (Å²) in [6.45, 7) is 5.60. The fourth-order valence-electron chi connectivity index (χ4n) is 2.29. The molecule has 0 amide bonds. The molecule has 0 radical (unpaired) electrons. The summed E-state index contributed by atoms with van der Waals surface area (Å²) in [5.74, 6) is 0.876. The molecule has 16 heavy (non-hydrogen) atoms. The molecular weight excluding hydrogens is 198 g/mol. The van der Waals surface area contributed by atoms with Gasteiger partial charge in [0.15, 0.2) is 0 Å². The van der Waals surface area contributed by atoms with Gasteiger partial charge < -0.3 is 10.2 Å². The molecule has 1 saturated heterocycles. The number of pyridine rings is 1. The number of hydrogen-bond acceptors (Lipinski definition) is 3. The standard InChI is InChI=1S/C13H21N3/c1-11-4-7-16(8-5-11)13-10-15-6-3-12(13)9-14-2/h3,6,10-11,14H,4-5,7-9H2,1-2H3. The Kier molecular flexibility index (Phi) is 3.78. The van der Waals surface area contributed by atoms with Crippen molar-refractivity contribution in [2.75, 3.05) is 25.0 Å². The van der Waals surface area contributed by atoms with Crippen molar-refractivity contribution in [3.63, 3.8) is 0 Å². The molecule has 0 saturated carbocycles. The average Bonchev–Trinajstić information content (AvgIpc) is 2.32. The van der Waals surface area contributed by atoms with Crippen LogP contribution in [0.3, 0.4) is 0 Å². The zero-order chi connectivity index (χ0) is 11.4. The van der Waals surface area contributed by atoms with Gasteiger partial charge >= 0.3 is 0 Å². The summed E-state index contributed by atoms with van der Waals surface area (Å²) in [4.78, 5) is 6.72. The van der Waals surface area contributed by atoms with Gasteiger partial charge in [-0.25, -0.2) is 0 Å². The van der Waals surface area contributed by atoms with Crippen molar-refractivity contribution in [1.29, 1.82) is 0 Å². The number of aromatic nitrogens is 1. The van der Waals surface area contributed by atoms with E-state index in [0.29, 0.717) is 0 Å². The highest BCUT2D eigenvalue weighted by Crippen LogP contribution is 2.25. The van der Waals surface area contributed by atoms with E-state index >= 15 is 0 Å². The van der Waals surface area contributed by atoms with Gasteiger partial charge in [-0.2, -0.15) is 0 Å². The maximum absolute atomic E-state index is 4.25. The minimum absolute atomic E-state index is 0.876. The van der Waals surface area contributed by atoms with Crippen LogP contribution in [-0.4, -0.2) is 25.1 Å². The molecule has 1 fully saturated rings. The Hall–Kier alpha value is -1.09. The summed E-state index contributed by atoms with van der Waals surface area (Å²) < 4.78 is 0. The number of anilines is 1. The summed E-state index contributed by atoms with van der Waals surface area (Å²) >= 11 is 0. The van der Waals surface area contributed by atoms with Crippen molar-refractivity contribution in [1.82, 2.24) is 10.3 Å². The summed E-state index contributed by atoms with van der Waals surface area (Å²) in [6.07, 6.45) is 6.48. The smallest absolute Gasteiger partial charge is 0.0598 e. The fourth-order valence-corrected chi connectivity index (χ4v) is 2.29. The van der Waals surface area contributed by atoms with E-state index in [-0.39, 0.29) is 0 Å². The van der Waals surface area contributed by atoms with Crippen molar-refractivity contribution in [2.45, 2.75) is 26.3 Å². The molecule has 2 rings (SSSR count). The summed E-state index contributed by atoms with van der Waals surface area (Å²) in [5.41, 5.74) is 2.66. The second kappa shape index (κ2) is 5.30. The van der Waals surface area contributed by atoms with Gasteiger partial charge in [-0.05, 0) is 37.4 Å². The van der Waals surface area contributed by atoms with Crippen LogP contribution in [0.4, 0.5) is 5.69 Å². The molecule has 0 spiro atoms. The Morgan fingerprint density at radius 2 is 2.19 bits per heavy atom. The van der Waals surface area contributed by atoms with E-state index in [4.69, 9.17) is 0 Å². The summed E-state index contributed by atoms with van der Waals surface area (Å²) in [7, 11) is 1.99. The number of rotatable bonds is 3. The molecule has 2 heterocycles. The van der Waals surface area contributed by atoms with Crippen LogP contribution in [0.2, 0.25) is 0 Å². The first-order chi connectivity index (χ1) is 7.81. The highest BCUT2D eigenvalue weighted by atomic mass is 15.1. The zero-order valence-electron chi connectivity index (χ0n) is 10.2. The van der Waals surface area contributed by atoms with Crippen molar-refractivity contribution in [3.8, 4) is 0 Å². The van der Waals surface area contributed by atoms with E-state index in [1.807, 2.05) is 19.4 Å². The van der Waals surface area contributed by atoms with Gasteiger partial charge in [0, 0.05) is 25.8 Å². The van der Waals surface area contributed by atoms with E-state index in [2.05, 4.69) is 28.2 Å². The highest BCUT2D eigenvalue weighted by Gasteiger charge is 2.17. The molecule has 1 aromatic heterocycles. The fraction of sp³-hybridized carbons (Fsp3) is 0.615. The van der Waals surface area contributed by atoms with Crippen LogP contribution in [0, 0.1) is 5.92 Å². The first-order valence-electron chi connectivity index (χ1n) is 6.13. The highest BCUT2D eigenvalue weighted by molar-refractivity contribution is 5.51. The van der Waals surface area contributed by atoms with Crippen LogP contribution in [-0.2, 0) is 6.54 Å². The van der Waals surface area contributed by atoms with Gasteiger partial charge in [-0.3, -0.25) is 4.98 Å². The number of nitrogens with one attached hydrogen (secondary N) is 1. The van der Waals surface area contributed by atoms with Gasteiger partial charge in [0.05, 0.1) is 11.9 Å². The molecule has 0 atom stereocenters. The predicted octanol–water partition coefficient (Wildman–Crippen LogP) is 2.04. The Labute approximate surface area is 97.9 Å². The maximum Gasteiger partial charge on any atom is 0.0598 e. The van der Waals surface area contributed by atoms with E-state index in [0.717, 1.165) is 12.5 Å². The predicted molar refractivity (Wildman–Crippen MR) is 67.6 cm³/mol. The second-order valence-electron chi connectivity index (χ2n) is 4.70. The third-order valence-corrected chi connectivity index (χ3v) is 3.38. The molecule has 0 aliphatic carbocycles. The van der Waals surface area contributed by atoms with E-state index in [9.17, 15) is 0 Å². The van der Waals surface area contributed by atoms with Crippen LogP contribution >= 0.6 is 0 Å². The lowest BCUT2D eigenvalue weighted by atomic mass is 9.98. The SMILES string of the molecule is CNCc1ccncc1N1CCC(C)CC1. The molecule has 1 aliphatic heterocycles. The summed E-state index contributed by atoms with van der Waals surface area (Å²) in [6, 6.07) is 2.11. The largest absolute Gasteiger partial charge is 0.370 e. The first kappa shape index (κ1) is 11.4. The third kappa shape index (κ3) is 2.53. The average molecular weight is 219 g/mol. The molecule has 1 aliphatic rings. The molecule has 3 heteroatoms. The zero-order valence-corrected chi connectivity index (χ0v) is 10.2. The quantitative estimate of drug-likeness (QED) is 0.843. The van der Waals surface area contributed by atoms with Crippen molar-refractivity contribution in [2.24, 2.45) is 5.92 Å². The van der Waals surface area contributed by atoms with Crippen LogP contribution in [0.25, 0.3) is 0 Å². The lowest BCUT2D eigenvalue weighted by Gasteiger charge is -2.33. The van der Waals surface area contributed by atoms with Gasteiger partial charge in [0.2, 0.25) is 0 Å². The van der Waals surface area contributed by atoms with Gasteiger partial charge in [0.1, 0.15) is 0 Å². The summed E-state index contributed by atoms with van der Waals surface area (Å²) in [5, 5.41) is 3.22. The Balaban J connectivity index is 2.13. The minimum atomic E-state index is 0.876. The van der Waals surface area contributed by atoms with Crippen molar-refractivity contribution < 1.29 is 0 Å². The normalized spacial score (nSPS) is 17.8. The maximum atomic E-state index is 4.25. The topological polar surface area (TPSA) is 28.2 Å². The lowest BCUT2D eigenvalue weighted by Crippen LogP contribution is -2.33.